The molecular formula is C8H10N4O2. The van der Waals surface area contributed by atoms with Gasteiger partial charge in [-0.1, -0.05) is 0 Å². The first-order chi connectivity index (χ1) is 6.56. The molecule has 6 heteroatoms. The standard InChI is InChI=1S/C8H10N4O2/c1-12-8(10)5(4-9)6(11-12)2-3-7(13)14/h2-3,10H2,1H3,(H,13,14). The number of nitrogen functional groups attached to an aromatic ring is 1. The van der Waals surface area contributed by atoms with Gasteiger partial charge in [-0.3, -0.25) is 9.48 Å². The Morgan fingerprint density at radius 1 is 1.79 bits per heavy atom. The van der Waals surface area contributed by atoms with E-state index in [1.807, 2.05) is 6.07 Å². The number of carbonyl (C=O) groups is 1. The van der Waals surface area contributed by atoms with Gasteiger partial charge in [0.15, 0.2) is 0 Å². The van der Waals surface area contributed by atoms with Crippen LogP contribution in [0.5, 0.6) is 0 Å². The van der Waals surface area contributed by atoms with E-state index < -0.39 is 5.97 Å². The van der Waals surface area contributed by atoms with Gasteiger partial charge < -0.3 is 10.8 Å². The third-order valence-electron chi connectivity index (χ3n) is 1.85. The van der Waals surface area contributed by atoms with Crippen LogP contribution in [0.15, 0.2) is 0 Å². The zero-order valence-corrected chi connectivity index (χ0v) is 7.69. The summed E-state index contributed by atoms with van der Waals surface area (Å²) in [6.45, 7) is 0. The summed E-state index contributed by atoms with van der Waals surface area (Å²) in [5.74, 6) is -0.647. The largest absolute Gasteiger partial charge is 0.481 e. The Hall–Kier alpha value is -2.03. The smallest absolute Gasteiger partial charge is 0.303 e. The summed E-state index contributed by atoms with van der Waals surface area (Å²) in [4.78, 5) is 10.3. The molecule has 0 aliphatic heterocycles. The number of hydrogen-bond acceptors (Lipinski definition) is 4. The van der Waals surface area contributed by atoms with E-state index in [1.165, 1.54) is 4.68 Å². The maximum Gasteiger partial charge on any atom is 0.303 e. The van der Waals surface area contributed by atoms with Crippen LogP contribution in [0.2, 0.25) is 0 Å². The molecule has 0 bridgehead atoms. The Morgan fingerprint density at radius 3 is 2.93 bits per heavy atom. The minimum absolute atomic E-state index is 0.0505. The van der Waals surface area contributed by atoms with Gasteiger partial charge in [-0.2, -0.15) is 10.4 Å². The molecule has 6 nitrogen and oxygen atoms in total. The van der Waals surface area contributed by atoms with Crippen molar-refractivity contribution in [2.24, 2.45) is 7.05 Å². The molecule has 0 radical (unpaired) electrons. The van der Waals surface area contributed by atoms with Gasteiger partial charge in [0.25, 0.3) is 0 Å². The van der Waals surface area contributed by atoms with Gasteiger partial charge in [0, 0.05) is 13.5 Å². The van der Waals surface area contributed by atoms with Crippen LogP contribution in [0, 0.1) is 11.3 Å². The molecule has 0 saturated carbocycles. The molecule has 1 aromatic heterocycles. The number of carboxylic acid groups (broad SMARTS) is 1. The first-order valence-corrected chi connectivity index (χ1v) is 3.99. The lowest BCUT2D eigenvalue weighted by Gasteiger charge is -1.91. The molecule has 0 saturated heterocycles. The van der Waals surface area contributed by atoms with Crippen LogP contribution in [0.3, 0.4) is 0 Å². The second-order valence-electron chi connectivity index (χ2n) is 2.84. The van der Waals surface area contributed by atoms with E-state index >= 15 is 0 Å². The van der Waals surface area contributed by atoms with Gasteiger partial charge in [-0.05, 0) is 0 Å². The molecule has 0 fully saturated rings. The van der Waals surface area contributed by atoms with Crippen LogP contribution < -0.4 is 5.73 Å². The van der Waals surface area contributed by atoms with Crippen LogP contribution in [-0.2, 0) is 18.3 Å². The molecule has 0 unspecified atom stereocenters. The van der Waals surface area contributed by atoms with E-state index in [9.17, 15) is 4.79 Å². The second kappa shape index (κ2) is 3.79. The average molecular weight is 194 g/mol. The average Bonchev–Trinajstić information content (AvgIpc) is 2.39. The number of nitriles is 1. The third kappa shape index (κ3) is 1.82. The topological polar surface area (TPSA) is 105 Å². The number of nitrogens with two attached hydrogens (primary N) is 1. The minimum Gasteiger partial charge on any atom is -0.481 e. The number of aryl methyl sites for hydroxylation is 2. The zero-order chi connectivity index (χ0) is 10.7. The number of hydrogen-bond donors (Lipinski definition) is 2. The number of nitrogens with zero attached hydrogens (tertiary/aromatic N) is 3. The van der Waals surface area contributed by atoms with Gasteiger partial charge in [-0.15, -0.1) is 0 Å². The van der Waals surface area contributed by atoms with Crippen LogP contribution in [0.4, 0.5) is 5.82 Å². The Morgan fingerprint density at radius 2 is 2.43 bits per heavy atom. The van der Waals surface area contributed by atoms with E-state index in [0.29, 0.717) is 5.69 Å². The predicted octanol–water partition coefficient (Wildman–Crippen LogP) is -0.109. The fourth-order valence-corrected chi connectivity index (χ4v) is 1.12. The Balaban J connectivity index is 2.93. The SMILES string of the molecule is Cn1nc(CCC(=O)O)c(C#N)c1N. The normalized spacial score (nSPS) is 9.71. The molecule has 3 N–H and O–H groups in total. The van der Waals surface area contributed by atoms with Crippen LogP contribution in [0.1, 0.15) is 17.7 Å². The van der Waals surface area contributed by atoms with Gasteiger partial charge in [0.2, 0.25) is 0 Å². The van der Waals surface area contributed by atoms with Crippen molar-refractivity contribution in [3.05, 3.63) is 11.3 Å². The highest BCUT2D eigenvalue weighted by molar-refractivity contribution is 5.67. The molecular weight excluding hydrogens is 184 g/mol. The summed E-state index contributed by atoms with van der Waals surface area (Å²) in [5.41, 5.74) is 6.26. The predicted molar refractivity (Wildman–Crippen MR) is 48.3 cm³/mol. The highest BCUT2D eigenvalue weighted by atomic mass is 16.4. The lowest BCUT2D eigenvalue weighted by molar-refractivity contribution is -0.136. The third-order valence-corrected chi connectivity index (χ3v) is 1.85. The molecule has 0 spiro atoms. The molecule has 0 atom stereocenters. The lowest BCUT2D eigenvalue weighted by Crippen LogP contribution is -1.99. The second-order valence-corrected chi connectivity index (χ2v) is 2.84. The number of rotatable bonds is 3. The van der Waals surface area contributed by atoms with E-state index in [4.69, 9.17) is 16.1 Å². The van der Waals surface area contributed by atoms with Crippen molar-refractivity contribution in [3.8, 4) is 6.07 Å². The molecule has 0 aliphatic rings. The van der Waals surface area contributed by atoms with E-state index in [1.54, 1.807) is 7.05 Å². The number of aliphatic carboxylic acids is 1. The van der Waals surface area contributed by atoms with Crippen molar-refractivity contribution < 1.29 is 9.90 Å². The van der Waals surface area contributed by atoms with Crippen molar-refractivity contribution in [2.75, 3.05) is 5.73 Å². The Kier molecular flexibility index (Phi) is 2.72. The molecule has 1 heterocycles. The van der Waals surface area contributed by atoms with Gasteiger partial charge in [0.1, 0.15) is 17.5 Å². The summed E-state index contributed by atoms with van der Waals surface area (Å²) in [5, 5.41) is 21.2. The maximum atomic E-state index is 10.3. The quantitative estimate of drug-likeness (QED) is 0.698. The van der Waals surface area contributed by atoms with Gasteiger partial charge in [0.05, 0.1) is 12.1 Å². The van der Waals surface area contributed by atoms with Crippen LogP contribution in [-0.4, -0.2) is 20.9 Å². The number of aromatic nitrogens is 2. The molecule has 0 aromatic carbocycles. The molecule has 1 aromatic rings. The zero-order valence-electron chi connectivity index (χ0n) is 7.69. The summed E-state index contributed by atoms with van der Waals surface area (Å²) < 4.78 is 1.37. The van der Waals surface area contributed by atoms with Crippen LogP contribution in [0.25, 0.3) is 0 Å². The summed E-state index contributed by atoms with van der Waals surface area (Å²) in [7, 11) is 1.61. The van der Waals surface area contributed by atoms with E-state index in [2.05, 4.69) is 5.10 Å². The van der Waals surface area contributed by atoms with Gasteiger partial charge >= 0.3 is 5.97 Å². The molecule has 0 amide bonds. The first-order valence-electron chi connectivity index (χ1n) is 3.99. The Bertz CT molecular complexity index is 402. The lowest BCUT2D eigenvalue weighted by atomic mass is 10.1. The van der Waals surface area contributed by atoms with Crippen molar-refractivity contribution in [1.29, 1.82) is 5.26 Å². The Labute approximate surface area is 80.6 Å². The van der Waals surface area contributed by atoms with Crippen LogP contribution >= 0.6 is 0 Å². The molecule has 74 valence electrons. The van der Waals surface area contributed by atoms with E-state index in [0.717, 1.165) is 0 Å². The summed E-state index contributed by atoms with van der Waals surface area (Å²) in [6, 6.07) is 1.91. The number of carboxylic acids is 1. The summed E-state index contributed by atoms with van der Waals surface area (Å²) in [6.07, 6.45) is 0.175. The molecule has 14 heavy (non-hydrogen) atoms. The fourth-order valence-electron chi connectivity index (χ4n) is 1.12. The molecule has 0 aliphatic carbocycles. The summed E-state index contributed by atoms with van der Waals surface area (Å²) >= 11 is 0. The van der Waals surface area contributed by atoms with Gasteiger partial charge in [-0.25, -0.2) is 0 Å². The van der Waals surface area contributed by atoms with Crippen molar-refractivity contribution in [3.63, 3.8) is 0 Å². The highest BCUT2D eigenvalue weighted by Gasteiger charge is 2.13. The number of anilines is 1. The maximum absolute atomic E-state index is 10.3. The molecule has 1 rings (SSSR count). The van der Waals surface area contributed by atoms with Crippen molar-refractivity contribution in [1.82, 2.24) is 9.78 Å². The first kappa shape index (κ1) is 10.1. The minimum atomic E-state index is -0.918. The fraction of sp³-hybridized carbons (Fsp3) is 0.375. The van der Waals surface area contributed by atoms with Crippen molar-refractivity contribution in [2.45, 2.75) is 12.8 Å². The van der Waals surface area contributed by atoms with Crippen molar-refractivity contribution >= 4 is 11.8 Å². The van der Waals surface area contributed by atoms with E-state index in [-0.39, 0.29) is 24.2 Å². The monoisotopic (exact) mass is 194 g/mol. The highest BCUT2D eigenvalue weighted by Crippen LogP contribution is 2.15.